The van der Waals surface area contributed by atoms with E-state index in [9.17, 15) is 9.59 Å². The molecular formula is C18H20N2O3. The van der Waals surface area contributed by atoms with Crippen molar-refractivity contribution in [2.24, 2.45) is 5.92 Å². The second-order valence-electron chi connectivity index (χ2n) is 6.08. The van der Waals surface area contributed by atoms with E-state index in [1.165, 1.54) is 0 Å². The van der Waals surface area contributed by atoms with Crippen LogP contribution in [-0.2, 0) is 11.3 Å². The van der Waals surface area contributed by atoms with Crippen LogP contribution in [0.2, 0.25) is 0 Å². The highest BCUT2D eigenvalue weighted by molar-refractivity contribution is 5.93. The van der Waals surface area contributed by atoms with E-state index in [0.29, 0.717) is 12.1 Å². The molecule has 5 nitrogen and oxygen atoms in total. The molecule has 120 valence electrons. The van der Waals surface area contributed by atoms with Gasteiger partial charge in [0.05, 0.1) is 6.26 Å². The maximum absolute atomic E-state index is 12.1. The van der Waals surface area contributed by atoms with Gasteiger partial charge in [-0.05, 0) is 36.2 Å². The first-order valence-corrected chi connectivity index (χ1v) is 7.68. The number of carbonyl (C=O) groups excluding carboxylic acids is 2. The Bertz CT molecular complexity index is 690. The van der Waals surface area contributed by atoms with E-state index in [1.54, 1.807) is 37.4 Å². The van der Waals surface area contributed by atoms with E-state index in [1.807, 2.05) is 24.3 Å². The summed E-state index contributed by atoms with van der Waals surface area (Å²) in [7, 11) is 3.45. The van der Waals surface area contributed by atoms with E-state index >= 15 is 0 Å². The van der Waals surface area contributed by atoms with Gasteiger partial charge < -0.3 is 14.6 Å². The van der Waals surface area contributed by atoms with Crippen molar-refractivity contribution in [2.45, 2.75) is 18.9 Å². The molecule has 1 aromatic carbocycles. The summed E-state index contributed by atoms with van der Waals surface area (Å²) < 4.78 is 5.34. The first-order chi connectivity index (χ1) is 11.1. The van der Waals surface area contributed by atoms with Crippen LogP contribution in [-0.4, -0.2) is 30.8 Å². The smallest absolute Gasteiger partial charge is 0.253 e. The Morgan fingerprint density at radius 2 is 1.96 bits per heavy atom. The lowest BCUT2D eigenvalue weighted by atomic mass is 10.1. The molecule has 3 rings (SSSR count). The summed E-state index contributed by atoms with van der Waals surface area (Å²) in [6, 6.07) is 11.1. The van der Waals surface area contributed by atoms with Gasteiger partial charge in [-0.1, -0.05) is 12.1 Å². The van der Waals surface area contributed by atoms with Crippen molar-refractivity contribution < 1.29 is 14.0 Å². The molecule has 2 unspecified atom stereocenters. The maximum atomic E-state index is 12.1. The molecule has 1 heterocycles. The van der Waals surface area contributed by atoms with Crippen LogP contribution in [0.3, 0.4) is 0 Å². The maximum Gasteiger partial charge on any atom is 0.253 e. The van der Waals surface area contributed by atoms with Crippen molar-refractivity contribution in [3.8, 4) is 0 Å². The lowest BCUT2D eigenvalue weighted by Crippen LogP contribution is -2.25. The Morgan fingerprint density at radius 3 is 2.57 bits per heavy atom. The van der Waals surface area contributed by atoms with Crippen LogP contribution in [0, 0.1) is 5.92 Å². The third-order valence-corrected chi connectivity index (χ3v) is 4.11. The zero-order chi connectivity index (χ0) is 16.4. The zero-order valence-electron chi connectivity index (χ0n) is 13.3. The van der Waals surface area contributed by atoms with Crippen LogP contribution in [0.4, 0.5) is 0 Å². The van der Waals surface area contributed by atoms with Crippen LogP contribution in [0.25, 0.3) is 0 Å². The van der Waals surface area contributed by atoms with Gasteiger partial charge in [-0.15, -0.1) is 0 Å². The van der Waals surface area contributed by atoms with Crippen LogP contribution in [0.1, 0.15) is 34.0 Å². The SMILES string of the molecule is CN(C)C(=O)c1ccc(CNC(=O)C2CC2c2ccco2)cc1. The number of nitrogens with one attached hydrogen (secondary N) is 1. The molecule has 2 atom stereocenters. The van der Waals surface area contributed by atoms with Gasteiger partial charge in [-0.25, -0.2) is 0 Å². The molecule has 2 amide bonds. The van der Waals surface area contributed by atoms with Crippen molar-refractivity contribution in [3.63, 3.8) is 0 Å². The number of rotatable bonds is 5. The van der Waals surface area contributed by atoms with E-state index < -0.39 is 0 Å². The van der Waals surface area contributed by atoms with Crippen molar-refractivity contribution >= 4 is 11.8 Å². The quantitative estimate of drug-likeness (QED) is 0.922. The fourth-order valence-corrected chi connectivity index (χ4v) is 2.65. The predicted octanol–water partition coefficient (Wildman–Crippen LogP) is 2.40. The number of benzene rings is 1. The van der Waals surface area contributed by atoms with Crippen LogP contribution in [0.5, 0.6) is 0 Å². The lowest BCUT2D eigenvalue weighted by molar-refractivity contribution is -0.122. The van der Waals surface area contributed by atoms with E-state index in [4.69, 9.17) is 4.42 Å². The average molecular weight is 312 g/mol. The Kier molecular flexibility index (Phi) is 4.19. The average Bonchev–Trinajstić information content (AvgIpc) is 3.17. The summed E-state index contributed by atoms with van der Waals surface area (Å²) in [6.45, 7) is 0.469. The molecule has 1 saturated carbocycles. The molecule has 1 fully saturated rings. The molecule has 1 aliphatic carbocycles. The monoisotopic (exact) mass is 312 g/mol. The van der Waals surface area contributed by atoms with Crippen molar-refractivity contribution in [1.82, 2.24) is 10.2 Å². The number of carbonyl (C=O) groups is 2. The molecule has 0 aliphatic heterocycles. The lowest BCUT2D eigenvalue weighted by Gasteiger charge is -2.10. The number of furan rings is 1. The Labute approximate surface area is 135 Å². The predicted molar refractivity (Wildman–Crippen MR) is 85.9 cm³/mol. The third kappa shape index (κ3) is 3.44. The largest absolute Gasteiger partial charge is 0.469 e. The second kappa shape index (κ2) is 6.28. The molecule has 5 heteroatoms. The van der Waals surface area contributed by atoms with Gasteiger partial charge >= 0.3 is 0 Å². The first kappa shape index (κ1) is 15.3. The summed E-state index contributed by atoms with van der Waals surface area (Å²) in [5.74, 6) is 1.14. The molecule has 1 aromatic heterocycles. The summed E-state index contributed by atoms with van der Waals surface area (Å²) >= 11 is 0. The van der Waals surface area contributed by atoms with Crippen molar-refractivity contribution in [3.05, 3.63) is 59.5 Å². The normalized spacial score (nSPS) is 19.2. The summed E-state index contributed by atoms with van der Waals surface area (Å²) in [4.78, 5) is 25.5. The Hall–Kier alpha value is -2.56. The molecule has 1 N–H and O–H groups in total. The third-order valence-electron chi connectivity index (χ3n) is 4.11. The second-order valence-corrected chi connectivity index (χ2v) is 6.08. The van der Waals surface area contributed by atoms with Crippen LogP contribution in [0.15, 0.2) is 47.1 Å². The molecule has 0 saturated heterocycles. The van der Waals surface area contributed by atoms with Gasteiger partial charge in [0.1, 0.15) is 5.76 Å². The van der Waals surface area contributed by atoms with Gasteiger partial charge in [-0.2, -0.15) is 0 Å². The first-order valence-electron chi connectivity index (χ1n) is 7.68. The fourth-order valence-electron chi connectivity index (χ4n) is 2.65. The number of hydrogen-bond donors (Lipinski definition) is 1. The van der Waals surface area contributed by atoms with Crippen molar-refractivity contribution in [1.29, 1.82) is 0 Å². The number of nitrogens with zero attached hydrogens (tertiary/aromatic N) is 1. The molecule has 0 bridgehead atoms. The van der Waals surface area contributed by atoms with E-state index in [2.05, 4.69) is 5.32 Å². The standard InChI is InChI=1S/C18H20N2O3/c1-20(2)18(22)13-7-5-12(6-8-13)11-19-17(21)15-10-14(15)16-4-3-9-23-16/h3-9,14-15H,10-11H2,1-2H3,(H,19,21). The highest BCUT2D eigenvalue weighted by atomic mass is 16.3. The highest BCUT2D eigenvalue weighted by Crippen LogP contribution is 2.47. The summed E-state index contributed by atoms with van der Waals surface area (Å²) in [5, 5.41) is 2.95. The highest BCUT2D eigenvalue weighted by Gasteiger charge is 2.45. The zero-order valence-corrected chi connectivity index (χ0v) is 13.3. The number of amides is 2. The summed E-state index contributed by atoms with van der Waals surface area (Å²) in [5.41, 5.74) is 1.62. The minimum atomic E-state index is -0.0279. The van der Waals surface area contributed by atoms with Crippen LogP contribution >= 0.6 is 0 Å². The van der Waals surface area contributed by atoms with Gasteiger partial charge in [0.2, 0.25) is 5.91 Å². The molecule has 0 radical (unpaired) electrons. The van der Waals surface area contributed by atoms with E-state index in [-0.39, 0.29) is 23.7 Å². The Morgan fingerprint density at radius 1 is 1.22 bits per heavy atom. The van der Waals surface area contributed by atoms with Crippen LogP contribution < -0.4 is 5.32 Å². The molecule has 1 aliphatic rings. The molecular weight excluding hydrogens is 292 g/mol. The van der Waals surface area contributed by atoms with Gasteiger partial charge in [0.25, 0.3) is 5.91 Å². The molecule has 23 heavy (non-hydrogen) atoms. The minimum absolute atomic E-state index is 0.00995. The van der Waals surface area contributed by atoms with Gasteiger partial charge in [0.15, 0.2) is 0 Å². The molecule has 0 spiro atoms. The van der Waals surface area contributed by atoms with Gasteiger partial charge in [-0.3, -0.25) is 9.59 Å². The van der Waals surface area contributed by atoms with E-state index in [0.717, 1.165) is 17.7 Å². The fraction of sp³-hybridized carbons (Fsp3) is 0.333. The Balaban J connectivity index is 1.51. The topological polar surface area (TPSA) is 62.6 Å². The van der Waals surface area contributed by atoms with Gasteiger partial charge in [0, 0.05) is 38.0 Å². The molecule has 2 aromatic rings. The van der Waals surface area contributed by atoms with Crippen molar-refractivity contribution in [2.75, 3.05) is 14.1 Å². The minimum Gasteiger partial charge on any atom is -0.469 e. The number of hydrogen-bond acceptors (Lipinski definition) is 3. The summed E-state index contributed by atoms with van der Waals surface area (Å²) in [6.07, 6.45) is 2.48.